The molecule has 0 spiro atoms. The number of amides is 1. The van der Waals surface area contributed by atoms with Crippen LogP contribution in [-0.2, 0) is 16.0 Å². The van der Waals surface area contributed by atoms with Crippen molar-refractivity contribution in [3.63, 3.8) is 0 Å². The summed E-state index contributed by atoms with van der Waals surface area (Å²) >= 11 is 0. The van der Waals surface area contributed by atoms with Crippen LogP contribution >= 0.6 is 0 Å². The van der Waals surface area contributed by atoms with Gasteiger partial charge in [0, 0.05) is 57.9 Å². The number of aryl methyl sites for hydroxylation is 1. The molecule has 168 valence electrons. The molecule has 1 aliphatic rings. The number of aromatic nitrogens is 2. The molecule has 9 nitrogen and oxygen atoms in total. The van der Waals surface area contributed by atoms with Crippen LogP contribution < -0.4 is 5.56 Å². The minimum absolute atomic E-state index is 0.0437. The Labute approximate surface area is 181 Å². The summed E-state index contributed by atoms with van der Waals surface area (Å²) in [6, 6.07) is 4.84. The molecule has 1 saturated heterocycles. The number of nitrogens with zero attached hydrogens (tertiary/aromatic N) is 4. The first kappa shape index (κ1) is 22.8. The van der Waals surface area contributed by atoms with Gasteiger partial charge in [0.05, 0.1) is 24.8 Å². The van der Waals surface area contributed by atoms with Crippen LogP contribution in [0.15, 0.2) is 35.4 Å². The number of pyridine rings is 2. The summed E-state index contributed by atoms with van der Waals surface area (Å²) in [5.74, 6) is -0.0437. The van der Waals surface area contributed by atoms with Crippen molar-refractivity contribution in [2.75, 3.05) is 46.5 Å². The fraction of sp³-hybridized carbons (Fsp3) is 0.500. The van der Waals surface area contributed by atoms with E-state index < -0.39 is 6.04 Å². The Morgan fingerprint density at radius 1 is 1.29 bits per heavy atom. The molecule has 3 heterocycles. The molecule has 3 rings (SSSR count). The lowest BCUT2D eigenvalue weighted by Crippen LogP contribution is -2.50. The largest absolute Gasteiger partial charge is 0.507 e. The average molecular weight is 431 g/mol. The highest BCUT2D eigenvalue weighted by molar-refractivity contribution is 5.67. The van der Waals surface area contributed by atoms with Crippen molar-refractivity contribution in [2.24, 2.45) is 0 Å². The molecule has 1 amide bonds. The first-order chi connectivity index (χ1) is 15.0. The topological polar surface area (TPSA) is 97.1 Å². The Morgan fingerprint density at radius 2 is 2.03 bits per heavy atom. The first-order valence-electron chi connectivity index (χ1n) is 10.5. The molecule has 0 bridgehead atoms. The zero-order valence-electron chi connectivity index (χ0n) is 18.3. The lowest BCUT2D eigenvalue weighted by Gasteiger charge is -2.39. The van der Waals surface area contributed by atoms with Crippen molar-refractivity contribution in [1.29, 1.82) is 0 Å². The second kappa shape index (κ2) is 10.4. The Kier molecular flexibility index (Phi) is 7.64. The molecule has 0 unspecified atom stereocenters. The molecule has 2 aromatic rings. The van der Waals surface area contributed by atoms with Crippen LogP contribution in [-0.4, -0.2) is 77.1 Å². The van der Waals surface area contributed by atoms with E-state index in [2.05, 4.69) is 9.88 Å². The standard InChI is InChI=1S/C22H30N4O5/c1-4-31-22(29)25-10-8-24(9-11-25)20(17-6-5-7-23-15-17)19-18(27)14-16(2)26(21(19)28)12-13-30-3/h5-7,14-15,20,27H,4,8-13H2,1-3H3/t20-/m0/s1. The summed E-state index contributed by atoms with van der Waals surface area (Å²) in [5, 5.41) is 10.8. The van der Waals surface area contributed by atoms with E-state index >= 15 is 0 Å². The van der Waals surface area contributed by atoms with Gasteiger partial charge < -0.3 is 24.0 Å². The third-order valence-corrected chi connectivity index (χ3v) is 5.52. The molecule has 9 heteroatoms. The fourth-order valence-electron chi connectivity index (χ4n) is 3.96. The third-order valence-electron chi connectivity index (χ3n) is 5.52. The minimum atomic E-state index is -0.486. The molecule has 0 aliphatic carbocycles. The van der Waals surface area contributed by atoms with Gasteiger partial charge in [-0.25, -0.2) is 4.79 Å². The van der Waals surface area contributed by atoms with Gasteiger partial charge in [-0.2, -0.15) is 0 Å². The number of rotatable bonds is 7. The predicted octanol–water partition coefficient (Wildman–Crippen LogP) is 1.77. The van der Waals surface area contributed by atoms with E-state index in [1.165, 1.54) is 0 Å². The first-order valence-corrected chi connectivity index (χ1v) is 10.5. The number of ether oxygens (including phenoxy) is 2. The lowest BCUT2D eigenvalue weighted by atomic mass is 9.97. The average Bonchev–Trinajstić information content (AvgIpc) is 2.77. The number of methoxy groups -OCH3 is 1. The highest BCUT2D eigenvalue weighted by atomic mass is 16.6. The van der Waals surface area contributed by atoms with Gasteiger partial charge in [-0.15, -0.1) is 0 Å². The highest BCUT2D eigenvalue weighted by Gasteiger charge is 2.32. The van der Waals surface area contributed by atoms with Crippen LogP contribution in [0.3, 0.4) is 0 Å². The second-order valence-electron chi connectivity index (χ2n) is 7.45. The quantitative estimate of drug-likeness (QED) is 0.715. The van der Waals surface area contributed by atoms with Gasteiger partial charge in [0.1, 0.15) is 5.75 Å². The molecule has 1 N–H and O–H groups in total. The summed E-state index contributed by atoms with van der Waals surface area (Å²) < 4.78 is 11.9. The van der Waals surface area contributed by atoms with E-state index in [9.17, 15) is 14.7 Å². The number of hydrogen-bond acceptors (Lipinski definition) is 7. The molecule has 1 aliphatic heterocycles. The maximum atomic E-state index is 13.4. The summed E-state index contributed by atoms with van der Waals surface area (Å²) in [4.78, 5) is 33.5. The highest BCUT2D eigenvalue weighted by Crippen LogP contribution is 2.33. The Morgan fingerprint density at radius 3 is 2.65 bits per heavy atom. The van der Waals surface area contributed by atoms with Crippen LogP contribution in [0, 0.1) is 6.92 Å². The molecule has 0 aromatic carbocycles. The van der Waals surface area contributed by atoms with E-state index in [-0.39, 0.29) is 17.4 Å². The number of hydrogen-bond donors (Lipinski definition) is 1. The Balaban J connectivity index is 1.99. The number of carbonyl (C=O) groups excluding carboxylic acids is 1. The molecular formula is C22H30N4O5. The molecule has 31 heavy (non-hydrogen) atoms. The maximum Gasteiger partial charge on any atom is 0.409 e. The van der Waals surface area contributed by atoms with Crippen molar-refractivity contribution in [1.82, 2.24) is 19.4 Å². The van der Waals surface area contributed by atoms with Gasteiger partial charge in [-0.1, -0.05) is 6.07 Å². The smallest absolute Gasteiger partial charge is 0.409 e. The van der Waals surface area contributed by atoms with Crippen molar-refractivity contribution in [2.45, 2.75) is 26.4 Å². The molecule has 1 fully saturated rings. The fourth-order valence-corrected chi connectivity index (χ4v) is 3.96. The molecular weight excluding hydrogens is 400 g/mol. The van der Waals surface area contributed by atoms with E-state index in [1.54, 1.807) is 48.9 Å². The Hall–Kier alpha value is -2.91. The summed E-state index contributed by atoms with van der Waals surface area (Å²) in [5.41, 5.74) is 1.53. The van der Waals surface area contributed by atoms with Gasteiger partial charge in [0.25, 0.3) is 5.56 Å². The molecule has 0 radical (unpaired) electrons. The van der Waals surface area contributed by atoms with Crippen molar-refractivity contribution < 1.29 is 19.4 Å². The number of carbonyl (C=O) groups is 1. The van der Waals surface area contributed by atoms with Crippen molar-refractivity contribution >= 4 is 6.09 Å². The Bertz CT molecular complexity index is 939. The molecule has 2 aromatic heterocycles. The second-order valence-corrected chi connectivity index (χ2v) is 7.45. The SMILES string of the molecule is CCOC(=O)N1CCN([C@@H](c2cccnc2)c2c(O)cc(C)n(CCOC)c2=O)CC1. The van der Waals surface area contributed by atoms with Crippen LogP contribution in [0.2, 0.25) is 0 Å². The number of piperazine rings is 1. The van der Waals surface area contributed by atoms with Crippen LogP contribution in [0.4, 0.5) is 4.79 Å². The van der Waals surface area contributed by atoms with Crippen LogP contribution in [0.1, 0.15) is 29.8 Å². The maximum absolute atomic E-state index is 13.4. The van der Waals surface area contributed by atoms with Gasteiger partial charge in [-0.3, -0.25) is 14.7 Å². The van der Waals surface area contributed by atoms with Gasteiger partial charge >= 0.3 is 6.09 Å². The monoisotopic (exact) mass is 430 g/mol. The zero-order valence-corrected chi connectivity index (χ0v) is 18.3. The summed E-state index contributed by atoms with van der Waals surface area (Å²) in [7, 11) is 1.59. The molecule has 0 saturated carbocycles. The summed E-state index contributed by atoms with van der Waals surface area (Å²) in [6.45, 7) is 6.69. The van der Waals surface area contributed by atoms with E-state index in [0.717, 1.165) is 5.56 Å². The predicted molar refractivity (Wildman–Crippen MR) is 115 cm³/mol. The normalized spacial score (nSPS) is 15.6. The van der Waals surface area contributed by atoms with Gasteiger partial charge in [0.2, 0.25) is 0 Å². The third kappa shape index (κ3) is 5.05. The van der Waals surface area contributed by atoms with Crippen molar-refractivity contribution in [3.05, 3.63) is 57.8 Å². The molecule has 1 atom stereocenters. The van der Waals surface area contributed by atoms with E-state index in [4.69, 9.17) is 9.47 Å². The lowest BCUT2D eigenvalue weighted by molar-refractivity contribution is 0.0708. The zero-order chi connectivity index (χ0) is 22.4. The van der Waals surface area contributed by atoms with E-state index in [1.807, 2.05) is 12.1 Å². The number of aromatic hydroxyl groups is 1. The van der Waals surface area contributed by atoms with Gasteiger partial charge in [-0.05, 0) is 31.5 Å². The minimum Gasteiger partial charge on any atom is -0.507 e. The van der Waals surface area contributed by atoms with E-state index in [0.29, 0.717) is 57.2 Å². The van der Waals surface area contributed by atoms with Crippen LogP contribution in [0.25, 0.3) is 0 Å². The van der Waals surface area contributed by atoms with Crippen molar-refractivity contribution in [3.8, 4) is 5.75 Å². The van der Waals surface area contributed by atoms with Gasteiger partial charge in [0.15, 0.2) is 0 Å². The van der Waals surface area contributed by atoms with Crippen LogP contribution in [0.5, 0.6) is 5.75 Å². The summed E-state index contributed by atoms with van der Waals surface area (Å²) in [6.07, 6.45) is 3.05.